The van der Waals surface area contributed by atoms with Crippen molar-refractivity contribution in [2.24, 2.45) is 0 Å². The lowest BCUT2D eigenvalue weighted by atomic mass is 9.97. The van der Waals surface area contributed by atoms with E-state index in [0.717, 1.165) is 19.3 Å². The number of amides is 2. The van der Waals surface area contributed by atoms with Crippen LogP contribution in [0.4, 0.5) is 0 Å². The first-order chi connectivity index (χ1) is 9.01. The lowest BCUT2D eigenvalue weighted by molar-refractivity contribution is -0.144. The number of carbonyl (C=O) groups excluding carboxylic acids is 3. The van der Waals surface area contributed by atoms with Crippen LogP contribution in [0.3, 0.4) is 0 Å². The van der Waals surface area contributed by atoms with Gasteiger partial charge in [0, 0.05) is 20.0 Å². The van der Waals surface area contributed by atoms with Gasteiger partial charge in [0.1, 0.15) is 0 Å². The first kappa shape index (κ1) is 15.4. The van der Waals surface area contributed by atoms with Gasteiger partial charge < -0.3 is 9.80 Å². The third-order valence-electron chi connectivity index (χ3n) is 3.47. The van der Waals surface area contributed by atoms with Gasteiger partial charge in [0.25, 0.3) is 0 Å². The summed E-state index contributed by atoms with van der Waals surface area (Å²) in [5.41, 5.74) is 0. The molecule has 0 aliphatic carbocycles. The normalized spacial score (nSPS) is 18.8. The minimum absolute atomic E-state index is 0.00164. The molecule has 0 radical (unpaired) electrons. The van der Waals surface area contributed by atoms with Gasteiger partial charge in [0.2, 0.25) is 11.8 Å². The molecule has 5 nitrogen and oxygen atoms in total. The molecule has 5 heteroatoms. The van der Waals surface area contributed by atoms with Crippen molar-refractivity contribution < 1.29 is 14.4 Å². The Bertz CT molecular complexity index is 379. The molecule has 0 N–H and O–H groups in total. The van der Waals surface area contributed by atoms with Crippen LogP contribution in [0.15, 0.2) is 12.7 Å². The van der Waals surface area contributed by atoms with Crippen molar-refractivity contribution in [3.63, 3.8) is 0 Å². The summed E-state index contributed by atoms with van der Waals surface area (Å²) in [6.45, 7) is 5.80. The largest absolute Gasteiger partial charge is 0.333 e. The fourth-order valence-electron chi connectivity index (χ4n) is 2.33. The molecular weight excluding hydrogens is 244 g/mol. The maximum atomic E-state index is 12.2. The monoisotopic (exact) mass is 266 g/mol. The van der Waals surface area contributed by atoms with Crippen LogP contribution in [0.25, 0.3) is 0 Å². The van der Waals surface area contributed by atoms with Crippen molar-refractivity contribution in [2.75, 3.05) is 20.1 Å². The van der Waals surface area contributed by atoms with Gasteiger partial charge in [-0.2, -0.15) is 0 Å². The van der Waals surface area contributed by atoms with Crippen LogP contribution in [0.1, 0.15) is 32.6 Å². The average molecular weight is 266 g/mol. The second-order valence-electron chi connectivity index (χ2n) is 4.82. The van der Waals surface area contributed by atoms with E-state index in [1.807, 2.05) is 6.92 Å². The number of piperidine rings is 1. The lowest BCUT2D eigenvalue weighted by Crippen LogP contribution is -2.51. The van der Waals surface area contributed by atoms with Crippen LogP contribution >= 0.6 is 0 Å². The molecule has 0 saturated carbocycles. The maximum Gasteiger partial charge on any atom is 0.246 e. The Morgan fingerprint density at radius 1 is 1.37 bits per heavy atom. The van der Waals surface area contributed by atoms with E-state index in [4.69, 9.17) is 0 Å². The molecule has 106 valence electrons. The zero-order valence-electron chi connectivity index (χ0n) is 11.7. The van der Waals surface area contributed by atoms with E-state index < -0.39 is 0 Å². The highest BCUT2D eigenvalue weighted by Gasteiger charge is 2.31. The molecule has 0 aromatic rings. The number of likely N-dealkylation sites (N-methyl/N-ethyl adjacent to an activating group) is 1. The van der Waals surface area contributed by atoms with E-state index in [1.165, 1.54) is 11.0 Å². The predicted octanol–water partition coefficient (Wildman–Crippen LogP) is 0.991. The Labute approximate surface area is 114 Å². The summed E-state index contributed by atoms with van der Waals surface area (Å²) < 4.78 is 0. The van der Waals surface area contributed by atoms with Crippen molar-refractivity contribution in [3.8, 4) is 0 Å². The van der Waals surface area contributed by atoms with E-state index in [2.05, 4.69) is 6.58 Å². The maximum absolute atomic E-state index is 12.2. The van der Waals surface area contributed by atoms with Crippen LogP contribution in [0.2, 0.25) is 0 Å². The van der Waals surface area contributed by atoms with E-state index in [9.17, 15) is 14.4 Å². The van der Waals surface area contributed by atoms with Crippen molar-refractivity contribution >= 4 is 17.6 Å². The zero-order chi connectivity index (χ0) is 14.4. The van der Waals surface area contributed by atoms with Crippen molar-refractivity contribution in [2.45, 2.75) is 38.6 Å². The quantitative estimate of drug-likeness (QED) is 0.697. The second kappa shape index (κ2) is 7.07. The Hall–Kier alpha value is -1.65. The summed E-state index contributed by atoms with van der Waals surface area (Å²) in [6.07, 6.45) is 4.24. The summed E-state index contributed by atoms with van der Waals surface area (Å²) in [6, 6.07) is -0.307. The molecule has 0 spiro atoms. The van der Waals surface area contributed by atoms with Crippen LogP contribution in [-0.4, -0.2) is 53.6 Å². The van der Waals surface area contributed by atoms with Gasteiger partial charge in [0.15, 0.2) is 5.78 Å². The smallest absolute Gasteiger partial charge is 0.246 e. The molecule has 1 rings (SSSR count). The Morgan fingerprint density at radius 2 is 2.05 bits per heavy atom. The number of rotatable bonds is 5. The summed E-state index contributed by atoms with van der Waals surface area (Å²) >= 11 is 0. The summed E-state index contributed by atoms with van der Waals surface area (Å²) in [4.78, 5) is 38.4. The SMILES string of the molecule is C=CC(=O)N(C)CC(=O)N1CCCCC1C(=O)CC. The molecule has 1 aliphatic rings. The van der Waals surface area contributed by atoms with Gasteiger partial charge in [-0.3, -0.25) is 14.4 Å². The number of nitrogens with zero attached hydrogens (tertiary/aromatic N) is 2. The molecule has 0 bridgehead atoms. The highest BCUT2D eigenvalue weighted by Crippen LogP contribution is 2.19. The van der Waals surface area contributed by atoms with Crippen molar-refractivity contribution in [1.82, 2.24) is 9.80 Å². The first-order valence-electron chi connectivity index (χ1n) is 6.71. The van der Waals surface area contributed by atoms with Gasteiger partial charge in [0.05, 0.1) is 12.6 Å². The number of Topliss-reactive ketones (excluding diaryl/α,β-unsaturated/α-hetero) is 1. The third-order valence-corrected chi connectivity index (χ3v) is 3.47. The molecule has 1 aliphatic heterocycles. The Balaban J connectivity index is 2.69. The highest BCUT2D eigenvalue weighted by molar-refractivity contribution is 5.93. The van der Waals surface area contributed by atoms with Crippen LogP contribution in [0, 0.1) is 0 Å². The molecule has 19 heavy (non-hydrogen) atoms. The molecule has 0 aromatic heterocycles. The van der Waals surface area contributed by atoms with Crippen molar-refractivity contribution in [1.29, 1.82) is 0 Å². The van der Waals surface area contributed by atoms with Gasteiger partial charge >= 0.3 is 0 Å². The van der Waals surface area contributed by atoms with Crippen LogP contribution in [-0.2, 0) is 14.4 Å². The van der Waals surface area contributed by atoms with Gasteiger partial charge in [-0.15, -0.1) is 0 Å². The van der Waals surface area contributed by atoms with Gasteiger partial charge in [-0.1, -0.05) is 13.5 Å². The molecule has 1 atom stereocenters. The highest BCUT2D eigenvalue weighted by atomic mass is 16.2. The standard InChI is InChI=1S/C14H22N2O3/c1-4-12(17)11-8-6-7-9-16(11)14(19)10-15(3)13(18)5-2/h5,11H,2,4,6-10H2,1,3H3. The van der Waals surface area contributed by atoms with E-state index >= 15 is 0 Å². The molecule has 1 heterocycles. The van der Waals surface area contributed by atoms with Gasteiger partial charge in [-0.25, -0.2) is 0 Å². The average Bonchev–Trinajstić information content (AvgIpc) is 2.45. The minimum atomic E-state index is -0.307. The second-order valence-corrected chi connectivity index (χ2v) is 4.82. The van der Waals surface area contributed by atoms with Crippen LogP contribution in [0.5, 0.6) is 0 Å². The minimum Gasteiger partial charge on any atom is -0.333 e. The van der Waals surface area contributed by atoms with E-state index in [-0.39, 0.29) is 30.2 Å². The number of likely N-dealkylation sites (tertiary alicyclic amines) is 1. The summed E-state index contributed by atoms with van der Waals surface area (Å²) in [7, 11) is 1.56. The van der Waals surface area contributed by atoms with Crippen molar-refractivity contribution in [3.05, 3.63) is 12.7 Å². The topological polar surface area (TPSA) is 57.7 Å². The zero-order valence-corrected chi connectivity index (χ0v) is 11.7. The van der Waals surface area contributed by atoms with Crippen LogP contribution < -0.4 is 0 Å². The molecule has 0 aromatic carbocycles. The fraction of sp³-hybridized carbons (Fsp3) is 0.643. The molecular formula is C14H22N2O3. The molecule has 2 amide bonds. The molecule has 1 unspecified atom stereocenters. The fourth-order valence-corrected chi connectivity index (χ4v) is 2.33. The van der Waals surface area contributed by atoms with Gasteiger partial charge in [-0.05, 0) is 25.3 Å². The Morgan fingerprint density at radius 3 is 2.63 bits per heavy atom. The number of carbonyl (C=O) groups is 3. The summed E-state index contributed by atoms with van der Waals surface area (Å²) in [5, 5.41) is 0. The number of hydrogen-bond acceptors (Lipinski definition) is 3. The molecule has 1 saturated heterocycles. The summed E-state index contributed by atoms with van der Waals surface area (Å²) in [5.74, 6) is -0.348. The number of ketones is 1. The lowest BCUT2D eigenvalue weighted by Gasteiger charge is -2.35. The third kappa shape index (κ3) is 3.91. The molecule has 1 fully saturated rings. The van der Waals surface area contributed by atoms with E-state index in [1.54, 1.807) is 11.9 Å². The first-order valence-corrected chi connectivity index (χ1v) is 6.71. The predicted molar refractivity (Wildman–Crippen MR) is 72.5 cm³/mol. The van der Waals surface area contributed by atoms with E-state index in [0.29, 0.717) is 13.0 Å². The number of hydrogen-bond donors (Lipinski definition) is 0. The Kier molecular flexibility index (Phi) is 5.73.